The highest BCUT2D eigenvalue weighted by Crippen LogP contribution is 1.81. The Labute approximate surface area is 109 Å². The minimum Gasteiger partial charge on any atom is -0.450 e. The van der Waals surface area contributed by atoms with E-state index < -0.39 is 12.3 Å². The van der Waals surface area contributed by atoms with Crippen LogP contribution < -0.4 is 0 Å². The van der Waals surface area contributed by atoms with Crippen LogP contribution in [0, 0.1) is 11.8 Å². The maximum Gasteiger partial charge on any atom is 0.503 e. The Hall–Kier alpha value is -1.17. The molecular weight excluding hydrogens is 252 g/mol. The molecule has 0 saturated carbocycles. The van der Waals surface area contributed by atoms with Crippen molar-refractivity contribution >= 4 is 24.7 Å². The summed E-state index contributed by atoms with van der Waals surface area (Å²) in [7, 11) is 0. The van der Waals surface area contributed by atoms with Crippen molar-refractivity contribution in [3.8, 4) is 0 Å². The van der Waals surface area contributed by atoms with Crippen LogP contribution in [-0.4, -0.2) is 32.7 Å². The van der Waals surface area contributed by atoms with Crippen molar-refractivity contribution in [2.45, 2.75) is 41.5 Å². The van der Waals surface area contributed by atoms with Crippen LogP contribution in [0.3, 0.4) is 0 Å². The average Bonchev–Trinajstić information content (AvgIpc) is 1.76. The summed E-state index contributed by atoms with van der Waals surface area (Å²) in [6.45, 7) is 13.0. The normalized spacial score (nSPS) is 7.06. The molecule has 0 heterocycles. The minimum atomic E-state index is -1.83. The molecule has 4 N–H and O–H groups in total. The van der Waals surface area contributed by atoms with E-state index in [9.17, 15) is 0 Å². The first kappa shape index (κ1) is 29.7. The summed E-state index contributed by atoms with van der Waals surface area (Å²) in [4.78, 5) is 17.1. The third-order valence-electron chi connectivity index (χ3n) is 0. The van der Waals surface area contributed by atoms with E-state index in [1.165, 1.54) is 0 Å². The second-order valence-electron chi connectivity index (χ2n) is 4.03. The molecule has 0 rings (SSSR count). The lowest BCUT2D eigenvalue weighted by molar-refractivity contribution is 0.135. The smallest absolute Gasteiger partial charge is 0.450 e. The molecule has 0 unspecified atom stereocenters. The Morgan fingerprint density at radius 2 is 0.647 bits per heavy atom. The Morgan fingerprint density at radius 3 is 0.647 bits per heavy atom. The lowest BCUT2D eigenvalue weighted by atomic mass is 10.3. The van der Waals surface area contributed by atoms with Crippen LogP contribution in [0.15, 0.2) is 0 Å². The fourth-order valence-electron chi connectivity index (χ4n) is 0. The van der Waals surface area contributed by atoms with Gasteiger partial charge in [-0.15, -0.1) is 12.4 Å². The SMILES string of the molecule is CC(C)C.CC(C)C.Cl.O=C(O)O.O=C(O)O. The van der Waals surface area contributed by atoms with Crippen molar-refractivity contribution in [3.05, 3.63) is 0 Å². The summed E-state index contributed by atoms with van der Waals surface area (Å²) in [5.74, 6) is 1.67. The number of rotatable bonds is 0. The molecule has 0 fully saturated rings. The maximum absolute atomic E-state index is 8.56. The number of carboxylic acid groups (broad SMARTS) is 4. The van der Waals surface area contributed by atoms with Crippen LogP contribution >= 0.6 is 12.4 Å². The third kappa shape index (κ3) is 1780. The number of hydrogen-bond donors (Lipinski definition) is 4. The molecule has 0 aliphatic heterocycles. The molecule has 0 amide bonds. The van der Waals surface area contributed by atoms with Gasteiger partial charge in [0.2, 0.25) is 0 Å². The van der Waals surface area contributed by atoms with Gasteiger partial charge in [0, 0.05) is 0 Å². The summed E-state index contributed by atoms with van der Waals surface area (Å²) in [6, 6.07) is 0. The highest BCUT2D eigenvalue weighted by atomic mass is 35.5. The monoisotopic (exact) mass is 276 g/mol. The molecule has 0 aromatic heterocycles. The van der Waals surface area contributed by atoms with Crippen molar-refractivity contribution in [1.82, 2.24) is 0 Å². The Bertz CT molecular complexity index is 127. The van der Waals surface area contributed by atoms with E-state index in [0.29, 0.717) is 0 Å². The van der Waals surface area contributed by atoms with E-state index in [1.54, 1.807) is 0 Å². The van der Waals surface area contributed by atoms with Crippen LogP contribution in [0.2, 0.25) is 0 Å². The molecule has 0 aliphatic carbocycles. The standard InChI is InChI=1S/2C4H10.2CH2O3.ClH/c2*1-4(2)3;2*2-1(3)4;/h2*4H,1-3H3;2*(H2,2,3,4);1H. The largest absolute Gasteiger partial charge is 0.503 e. The van der Waals surface area contributed by atoms with Crippen LogP contribution in [-0.2, 0) is 0 Å². The zero-order valence-electron chi connectivity index (χ0n) is 11.2. The van der Waals surface area contributed by atoms with Gasteiger partial charge >= 0.3 is 12.3 Å². The summed E-state index contributed by atoms with van der Waals surface area (Å²) in [5.41, 5.74) is 0. The van der Waals surface area contributed by atoms with Crippen molar-refractivity contribution in [2.24, 2.45) is 11.8 Å². The third-order valence-corrected chi connectivity index (χ3v) is 0. The summed E-state index contributed by atoms with van der Waals surface area (Å²) >= 11 is 0. The lowest BCUT2D eigenvalue weighted by Gasteiger charge is -1.79. The molecule has 108 valence electrons. The number of carbonyl (C=O) groups is 2. The average molecular weight is 277 g/mol. The first-order valence-corrected chi connectivity index (χ1v) is 4.77. The van der Waals surface area contributed by atoms with E-state index >= 15 is 0 Å². The van der Waals surface area contributed by atoms with Crippen molar-refractivity contribution < 1.29 is 30.0 Å². The molecule has 0 bridgehead atoms. The second-order valence-corrected chi connectivity index (χ2v) is 4.03. The van der Waals surface area contributed by atoms with E-state index in [2.05, 4.69) is 41.5 Å². The Morgan fingerprint density at radius 1 is 0.647 bits per heavy atom. The molecule has 7 heteroatoms. The quantitative estimate of drug-likeness (QED) is 0.527. The molecule has 0 saturated heterocycles. The molecule has 0 aliphatic rings. The molecule has 0 spiro atoms. The van der Waals surface area contributed by atoms with Gasteiger partial charge < -0.3 is 20.4 Å². The van der Waals surface area contributed by atoms with Gasteiger partial charge in [-0.2, -0.15) is 0 Å². The predicted octanol–water partition coefficient (Wildman–Crippen LogP) is 4.19. The van der Waals surface area contributed by atoms with Gasteiger partial charge in [-0.25, -0.2) is 9.59 Å². The highest BCUT2D eigenvalue weighted by Gasteiger charge is 1.70. The van der Waals surface area contributed by atoms with Gasteiger partial charge in [-0.05, 0) is 11.8 Å². The molecule has 0 radical (unpaired) electrons. The summed E-state index contributed by atoms with van der Waals surface area (Å²) in [6.07, 6.45) is -3.67. The van der Waals surface area contributed by atoms with Crippen LogP contribution in [0.4, 0.5) is 9.59 Å². The van der Waals surface area contributed by atoms with E-state index in [1.807, 2.05) is 0 Å². The van der Waals surface area contributed by atoms with Crippen LogP contribution in [0.5, 0.6) is 0 Å². The predicted molar refractivity (Wildman–Crippen MR) is 69.6 cm³/mol. The topological polar surface area (TPSA) is 115 Å². The first-order chi connectivity index (χ1) is 6.93. The summed E-state index contributed by atoms with van der Waals surface area (Å²) < 4.78 is 0. The van der Waals surface area contributed by atoms with Gasteiger partial charge in [-0.3, -0.25) is 0 Å². The Balaban J connectivity index is -0.0000000369. The van der Waals surface area contributed by atoms with E-state index in [-0.39, 0.29) is 12.4 Å². The maximum atomic E-state index is 8.56. The zero-order chi connectivity index (χ0) is 14.3. The van der Waals surface area contributed by atoms with Crippen molar-refractivity contribution in [1.29, 1.82) is 0 Å². The molecule has 0 atom stereocenters. The Kier molecular flexibility index (Phi) is 42.2. The molecule has 0 aromatic carbocycles. The second kappa shape index (κ2) is 24.2. The first-order valence-electron chi connectivity index (χ1n) is 4.77. The van der Waals surface area contributed by atoms with Crippen LogP contribution in [0.25, 0.3) is 0 Å². The molecule has 0 aromatic rings. The number of halogens is 1. The molecule has 6 nitrogen and oxygen atoms in total. The van der Waals surface area contributed by atoms with Gasteiger partial charge in [0.15, 0.2) is 0 Å². The van der Waals surface area contributed by atoms with Gasteiger partial charge in [0.1, 0.15) is 0 Å². The fraction of sp³-hybridized carbons (Fsp3) is 0.800. The molecule has 17 heavy (non-hydrogen) atoms. The zero-order valence-corrected chi connectivity index (χ0v) is 12.0. The highest BCUT2D eigenvalue weighted by molar-refractivity contribution is 5.85. The van der Waals surface area contributed by atoms with E-state index in [4.69, 9.17) is 30.0 Å². The van der Waals surface area contributed by atoms with Gasteiger partial charge in [0.05, 0.1) is 0 Å². The van der Waals surface area contributed by atoms with Crippen molar-refractivity contribution in [3.63, 3.8) is 0 Å². The van der Waals surface area contributed by atoms with Gasteiger partial charge in [-0.1, -0.05) is 41.5 Å². The van der Waals surface area contributed by atoms with Gasteiger partial charge in [0.25, 0.3) is 0 Å². The van der Waals surface area contributed by atoms with Crippen molar-refractivity contribution in [2.75, 3.05) is 0 Å². The lowest BCUT2D eigenvalue weighted by Crippen LogP contribution is -1.81. The summed E-state index contributed by atoms with van der Waals surface area (Å²) in [5, 5.41) is 27.9. The van der Waals surface area contributed by atoms with E-state index in [0.717, 1.165) is 11.8 Å². The number of hydrogen-bond acceptors (Lipinski definition) is 2. The fourth-order valence-corrected chi connectivity index (χ4v) is 0. The minimum absolute atomic E-state index is 0. The molecular formula is C10H25ClO6. The van der Waals surface area contributed by atoms with Crippen LogP contribution in [0.1, 0.15) is 41.5 Å².